The quantitative estimate of drug-likeness (QED) is 0.755. The highest BCUT2D eigenvalue weighted by atomic mass is 16.4. The molecular weight excluding hydrogens is 320 g/mol. The van der Waals surface area contributed by atoms with Crippen LogP contribution >= 0.6 is 0 Å². The largest absolute Gasteiger partial charge is 0.481 e. The van der Waals surface area contributed by atoms with Crippen LogP contribution in [0.3, 0.4) is 0 Å². The van der Waals surface area contributed by atoms with E-state index in [9.17, 15) is 14.4 Å². The van der Waals surface area contributed by atoms with Gasteiger partial charge in [-0.25, -0.2) is 0 Å². The van der Waals surface area contributed by atoms with Crippen LogP contribution in [-0.2, 0) is 20.9 Å². The van der Waals surface area contributed by atoms with Crippen LogP contribution in [0, 0.1) is 5.41 Å². The molecule has 1 unspecified atom stereocenters. The highest BCUT2D eigenvalue weighted by Gasteiger charge is 2.27. The predicted octanol–water partition coefficient (Wildman–Crippen LogP) is 2.43. The molecule has 1 rings (SSSR count). The Hall–Kier alpha value is -2.37. The zero-order valence-electron chi connectivity index (χ0n) is 15.4. The lowest BCUT2D eigenvalue weighted by Gasteiger charge is -2.28. The topological polar surface area (TPSA) is 86.7 Å². The van der Waals surface area contributed by atoms with Gasteiger partial charge in [-0.1, -0.05) is 51.1 Å². The lowest BCUT2D eigenvalue weighted by Crippen LogP contribution is -2.49. The fourth-order valence-electron chi connectivity index (χ4n) is 2.24. The number of carboxylic acids is 1. The van der Waals surface area contributed by atoms with Crippen molar-refractivity contribution in [1.82, 2.24) is 10.2 Å². The molecule has 6 heteroatoms. The molecule has 0 aromatic heterocycles. The molecular formula is C19H28N2O4. The summed E-state index contributed by atoms with van der Waals surface area (Å²) in [5, 5.41) is 11.6. The van der Waals surface area contributed by atoms with Gasteiger partial charge in [0.1, 0.15) is 6.04 Å². The number of hydrogen-bond donors (Lipinski definition) is 2. The molecule has 0 bridgehead atoms. The Morgan fingerprint density at radius 1 is 1.16 bits per heavy atom. The van der Waals surface area contributed by atoms with Crippen LogP contribution in [0.4, 0.5) is 0 Å². The number of carbonyl (C=O) groups excluding carboxylic acids is 2. The normalized spacial score (nSPS) is 12.3. The predicted molar refractivity (Wildman–Crippen MR) is 95.8 cm³/mol. The maximum Gasteiger partial charge on any atom is 0.303 e. The zero-order chi connectivity index (χ0) is 19.0. The van der Waals surface area contributed by atoms with Crippen molar-refractivity contribution in [1.29, 1.82) is 0 Å². The van der Waals surface area contributed by atoms with Gasteiger partial charge in [0.15, 0.2) is 0 Å². The van der Waals surface area contributed by atoms with Gasteiger partial charge >= 0.3 is 5.97 Å². The van der Waals surface area contributed by atoms with Crippen molar-refractivity contribution in [2.24, 2.45) is 5.41 Å². The summed E-state index contributed by atoms with van der Waals surface area (Å²) in [6.07, 6.45) is 0.370. The number of aliphatic carboxylic acids is 1. The Balaban J connectivity index is 2.79. The Morgan fingerprint density at radius 3 is 2.28 bits per heavy atom. The highest BCUT2D eigenvalue weighted by molar-refractivity contribution is 5.89. The molecule has 2 amide bonds. The summed E-state index contributed by atoms with van der Waals surface area (Å²) >= 11 is 0. The number of nitrogens with one attached hydrogen (secondary N) is 1. The first-order valence-corrected chi connectivity index (χ1v) is 8.46. The van der Waals surface area contributed by atoms with Crippen molar-refractivity contribution in [2.75, 3.05) is 6.54 Å². The molecule has 0 aliphatic heterocycles. The minimum absolute atomic E-state index is 0.00129. The molecule has 1 aromatic rings. The number of carbonyl (C=O) groups is 3. The Kier molecular flexibility index (Phi) is 7.61. The summed E-state index contributed by atoms with van der Waals surface area (Å²) in [6, 6.07) is 8.83. The molecule has 2 N–H and O–H groups in total. The molecule has 0 fully saturated rings. The first-order chi connectivity index (χ1) is 11.6. The number of carboxylic acid groups (broad SMARTS) is 1. The summed E-state index contributed by atoms with van der Waals surface area (Å²) in [5.41, 5.74) is 0.378. The van der Waals surface area contributed by atoms with Gasteiger partial charge in [-0.3, -0.25) is 14.4 Å². The van der Waals surface area contributed by atoms with E-state index in [1.165, 1.54) is 0 Å². The lowest BCUT2D eigenvalue weighted by atomic mass is 9.95. The summed E-state index contributed by atoms with van der Waals surface area (Å²) in [4.78, 5) is 37.2. The molecule has 25 heavy (non-hydrogen) atoms. The average Bonchev–Trinajstić information content (AvgIpc) is 2.52. The van der Waals surface area contributed by atoms with E-state index in [4.69, 9.17) is 5.11 Å². The number of hydrogen-bond acceptors (Lipinski definition) is 3. The molecule has 0 saturated heterocycles. The fourth-order valence-corrected chi connectivity index (χ4v) is 2.24. The van der Waals surface area contributed by atoms with E-state index in [0.29, 0.717) is 19.5 Å². The third-order valence-electron chi connectivity index (χ3n) is 3.75. The minimum Gasteiger partial charge on any atom is -0.481 e. The Morgan fingerprint density at radius 2 is 1.76 bits per heavy atom. The van der Waals surface area contributed by atoms with Crippen molar-refractivity contribution >= 4 is 17.8 Å². The van der Waals surface area contributed by atoms with Crippen LogP contribution in [-0.4, -0.2) is 40.4 Å². The van der Waals surface area contributed by atoms with Crippen LogP contribution in [0.15, 0.2) is 30.3 Å². The molecule has 138 valence electrons. The first-order valence-electron chi connectivity index (χ1n) is 8.46. The van der Waals surface area contributed by atoms with Crippen LogP contribution in [0.2, 0.25) is 0 Å². The summed E-state index contributed by atoms with van der Waals surface area (Å²) in [7, 11) is 0. The van der Waals surface area contributed by atoms with E-state index in [0.717, 1.165) is 5.56 Å². The summed E-state index contributed by atoms with van der Waals surface area (Å²) in [5.74, 6) is -1.30. The second-order valence-corrected chi connectivity index (χ2v) is 7.19. The highest BCUT2D eigenvalue weighted by Crippen LogP contribution is 2.14. The molecule has 6 nitrogen and oxygen atoms in total. The van der Waals surface area contributed by atoms with Crippen molar-refractivity contribution in [3.05, 3.63) is 35.9 Å². The summed E-state index contributed by atoms with van der Waals surface area (Å²) in [6.45, 7) is 7.72. The maximum absolute atomic E-state index is 12.7. The SMILES string of the molecule is CC(NC(=O)C(C)(C)C)C(=O)N(CCCC(=O)O)Cc1ccccc1. The second-order valence-electron chi connectivity index (χ2n) is 7.19. The van der Waals surface area contributed by atoms with E-state index in [1.54, 1.807) is 32.6 Å². The molecule has 0 aliphatic rings. The van der Waals surface area contributed by atoms with E-state index < -0.39 is 17.4 Å². The van der Waals surface area contributed by atoms with Crippen LogP contribution in [0.5, 0.6) is 0 Å². The van der Waals surface area contributed by atoms with Crippen LogP contribution in [0.25, 0.3) is 0 Å². The number of rotatable bonds is 8. The zero-order valence-corrected chi connectivity index (χ0v) is 15.4. The molecule has 1 atom stereocenters. The third-order valence-corrected chi connectivity index (χ3v) is 3.75. The van der Waals surface area contributed by atoms with Gasteiger partial charge in [0, 0.05) is 24.9 Å². The third kappa shape index (κ3) is 7.37. The van der Waals surface area contributed by atoms with E-state index in [-0.39, 0.29) is 18.2 Å². The smallest absolute Gasteiger partial charge is 0.303 e. The fraction of sp³-hybridized carbons (Fsp3) is 0.526. The van der Waals surface area contributed by atoms with Crippen LogP contribution < -0.4 is 5.32 Å². The lowest BCUT2D eigenvalue weighted by molar-refractivity contribution is -0.140. The van der Waals surface area contributed by atoms with Gasteiger partial charge in [-0.15, -0.1) is 0 Å². The van der Waals surface area contributed by atoms with Crippen molar-refractivity contribution < 1.29 is 19.5 Å². The summed E-state index contributed by atoms with van der Waals surface area (Å²) < 4.78 is 0. The van der Waals surface area contributed by atoms with E-state index in [2.05, 4.69) is 5.32 Å². The molecule has 1 aromatic carbocycles. The average molecular weight is 348 g/mol. The van der Waals surface area contributed by atoms with E-state index in [1.807, 2.05) is 30.3 Å². The van der Waals surface area contributed by atoms with Crippen molar-refractivity contribution in [3.63, 3.8) is 0 Å². The molecule has 0 aliphatic carbocycles. The Bertz CT molecular complexity index is 593. The molecule has 0 radical (unpaired) electrons. The first kappa shape index (κ1) is 20.7. The van der Waals surface area contributed by atoms with Gasteiger partial charge in [0.05, 0.1) is 0 Å². The van der Waals surface area contributed by atoms with E-state index >= 15 is 0 Å². The second kappa shape index (κ2) is 9.20. The molecule has 0 saturated carbocycles. The Labute approximate surface area is 149 Å². The van der Waals surface area contributed by atoms with Crippen molar-refractivity contribution in [2.45, 2.75) is 53.1 Å². The minimum atomic E-state index is -0.888. The molecule has 0 spiro atoms. The van der Waals surface area contributed by atoms with Gasteiger partial charge < -0.3 is 15.3 Å². The van der Waals surface area contributed by atoms with Gasteiger partial charge in [0.2, 0.25) is 11.8 Å². The standard InChI is InChI=1S/C19H28N2O4/c1-14(20-18(25)19(2,3)4)17(24)21(12-8-11-16(22)23)13-15-9-6-5-7-10-15/h5-7,9-10,14H,8,11-13H2,1-4H3,(H,20,25)(H,22,23). The monoisotopic (exact) mass is 348 g/mol. The van der Waals surface area contributed by atoms with Crippen LogP contribution in [0.1, 0.15) is 46.1 Å². The maximum atomic E-state index is 12.7. The number of nitrogens with zero attached hydrogens (tertiary/aromatic N) is 1. The van der Waals surface area contributed by atoms with Gasteiger partial charge in [-0.05, 0) is 18.9 Å². The number of amides is 2. The number of benzene rings is 1. The van der Waals surface area contributed by atoms with Gasteiger partial charge in [0.25, 0.3) is 0 Å². The van der Waals surface area contributed by atoms with Gasteiger partial charge in [-0.2, -0.15) is 0 Å². The molecule has 0 heterocycles. The van der Waals surface area contributed by atoms with Crippen molar-refractivity contribution in [3.8, 4) is 0 Å².